The summed E-state index contributed by atoms with van der Waals surface area (Å²) in [5.74, 6) is 2.38. The van der Waals surface area contributed by atoms with Crippen LogP contribution in [-0.2, 0) is 39.7 Å². The van der Waals surface area contributed by atoms with Gasteiger partial charge in [-0.25, -0.2) is 31.0 Å². The Morgan fingerprint density at radius 2 is 1.30 bits per heavy atom. The average molecular weight is 584 g/mol. The second-order valence-electron chi connectivity index (χ2n) is 7.93. The summed E-state index contributed by atoms with van der Waals surface area (Å²) in [5, 5.41) is 0. The van der Waals surface area contributed by atoms with Gasteiger partial charge in [-0.3, -0.25) is 0 Å². The van der Waals surface area contributed by atoms with Gasteiger partial charge < -0.3 is 8.69 Å². The Kier molecular flexibility index (Phi) is 12.1. The lowest BCUT2D eigenvalue weighted by Crippen LogP contribution is -2.35. The molecule has 2 heterocycles. The topological polar surface area (TPSA) is 109 Å². The van der Waals surface area contributed by atoms with E-state index in [1.54, 1.807) is 0 Å². The van der Waals surface area contributed by atoms with Gasteiger partial charge in [0.25, 0.3) is 0 Å². The summed E-state index contributed by atoms with van der Waals surface area (Å²) in [6.07, 6.45) is 15.8. The van der Waals surface area contributed by atoms with Crippen LogP contribution in [0, 0.1) is 0 Å². The summed E-state index contributed by atoms with van der Waals surface area (Å²) in [4.78, 5) is 4.67. The van der Waals surface area contributed by atoms with Gasteiger partial charge in [0.1, 0.15) is 12.4 Å². The monoisotopic (exact) mass is 583 g/mol. The van der Waals surface area contributed by atoms with E-state index in [0.717, 1.165) is 29.6 Å². The number of imidazole rings is 2. The molecule has 0 saturated carbocycles. The van der Waals surface area contributed by atoms with Crippen LogP contribution >= 0.6 is 0 Å². The number of alkyl halides is 6. The van der Waals surface area contributed by atoms with Crippen molar-refractivity contribution in [1.29, 1.82) is 0 Å². The van der Waals surface area contributed by atoms with E-state index in [2.05, 4.69) is 58.0 Å². The van der Waals surface area contributed by atoms with Crippen LogP contribution in [0.25, 0.3) is 15.8 Å². The lowest BCUT2D eigenvalue weighted by molar-refractivity contribution is -0.686. The van der Waals surface area contributed by atoms with E-state index in [-0.39, 0.29) is 0 Å². The maximum Gasteiger partial charge on any atom is 0.480 e. The summed E-state index contributed by atoms with van der Waals surface area (Å²) in [6.45, 7) is 9.94. The smallest absolute Gasteiger partial charge is 0.421 e. The molecule has 0 radical (unpaired) electrons. The minimum absolute atomic E-state index is 0.778. The molecule has 0 amide bonds. The highest BCUT2D eigenvalue weighted by Crippen LogP contribution is 2.36. The Balaban J connectivity index is 0.000000401. The molecule has 0 aliphatic heterocycles. The van der Waals surface area contributed by atoms with Crippen molar-refractivity contribution in [2.24, 2.45) is 0 Å². The fourth-order valence-corrected chi connectivity index (χ4v) is 4.69. The van der Waals surface area contributed by atoms with Gasteiger partial charge in [0.05, 0.1) is 13.1 Å². The molecule has 2 rings (SSSR count). The third-order valence-electron chi connectivity index (χ3n) is 4.93. The van der Waals surface area contributed by atoms with E-state index in [9.17, 15) is 43.2 Å². The van der Waals surface area contributed by atoms with Crippen LogP contribution in [0.5, 0.6) is 0 Å². The van der Waals surface area contributed by atoms with Gasteiger partial charge in [-0.05, 0) is 19.3 Å². The van der Waals surface area contributed by atoms with Crippen molar-refractivity contribution in [1.82, 2.24) is 14.1 Å². The number of aryl methyl sites for hydroxylation is 3. The van der Waals surface area contributed by atoms with E-state index in [0.29, 0.717) is 0 Å². The van der Waals surface area contributed by atoms with E-state index in [1.165, 1.54) is 44.3 Å². The Morgan fingerprint density at radius 3 is 1.76 bits per heavy atom. The molecular weight excluding hydrogens is 552 g/mol. The predicted molar refractivity (Wildman–Crippen MR) is 124 cm³/mol. The lowest BCUT2D eigenvalue weighted by Gasteiger charge is -2.22. The highest BCUT2D eigenvalue weighted by atomic mass is 32.3. The SMILES string of the molecule is CCCCn1ccnc1-c1n(CCCC)cc[n+]1CCCC.O=S(=O)([N-]S(=O)(=O)C(F)(F)F)C(F)(F)F. The minimum atomic E-state index is -6.72. The third kappa shape index (κ3) is 9.28. The normalized spacial score (nSPS) is 12.9. The Bertz CT molecular complexity index is 1120. The highest BCUT2D eigenvalue weighted by Gasteiger charge is 2.46. The molecule has 0 saturated heterocycles. The third-order valence-corrected chi connectivity index (χ3v) is 7.67. The summed E-state index contributed by atoms with van der Waals surface area (Å²) >= 11 is 0. The molecule has 0 aliphatic carbocycles. The number of rotatable bonds is 12. The van der Waals surface area contributed by atoms with Crippen molar-refractivity contribution in [3.8, 4) is 11.6 Å². The van der Waals surface area contributed by atoms with E-state index in [1.807, 2.05) is 6.20 Å². The maximum atomic E-state index is 11.4. The maximum absolute atomic E-state index is 11.4. The number of unbranched alkanes of at least 4 members (excludes halogenated alkanes) is 3. The van der Waals surface area contributed by atoms with Crippen molar-refractivity contribution < 1.29 is 47.7 Å². The van der Waals surface area contributed by atoms with Crippen LogP contribution in [-0.4, -0.2) is 42.0 Å². The van der Waals surface area contributed by atoms with Crippen LogP contribution < -0.4 is 4.57 Å². The summed E-state index contributed by atoms with van der Waals surface area (Å²) < 4.78 is 116. The predicted octanol–water partition coefficient (Wildman–Crippen LogP) is 5.10. The molecule has 0 bridgehead atoms. The van der Waals surface area contributed by atoms with Crippen LogP contribution in [0.4, 0.5) is 26.3 Å². The Labute approximate surface area is 212 Å². The zero-order valence-corrected chi connectivity index (χ0v) is 22.3. The molecule has 0 aliphatic rings. The van der Waals surface area contributed by atoms with Gasteiger partial charge in [-0.2, -0.15) is 26.3 Å². The zero-order valence-electron chi connectivity index (χ0n) is 20.6. The standard InChI is InChI=1S/C18H31N4.C2F6NO4S2/c1-4-7-11-20-14-10-19-17(20)18-21(12-8-5-2)15-16-22(18)13-9-6-3;3-1(4,5)14(10,11)9-15(12,13)2(6,7)8/h10,14-16H,4-9,11-13H2,1-3H3;/q+1;-1. The van der Waals surface area contributed by atoms with Crippen LogP contribution in [0.1, 0.15) is 59.3 Å². The number of sulfonamides is 2. The van der Waals surface area contributed by atoms with E-state index < -0.39 is 31.1 Å². The molecule has 0 N–H and O–H groups in total. The Morgan fingerprint density at radius 1 is 0.811 bits per heavy atom. The number of hydrogen-bond donors (Lipinski definition) is 0. The number of nitrogens with zero attached hydrogens (tertiary/aromatic N) is 5. The molecule has 2 aromatic heterocycles. The zero-order chi connectivity index (χ0) is 28.5. The summed E-state index contributed by atoms with van der Waals surface area (Å²) in [7, 11) is -13.4. The first-order valence-corrected chi connectivity index (χ1v) is 14.4. The first kappa shape index (κ1) is 32.9. The quantitative estimate of drug-likeness (QED) is 0.255. The van der Waals surface area contributed by atoms with Gasteiger partial charge in [0.2, 0.25) is 5.82 Å². The molecule has 0 atom stereocenters. The molecule has 9 nitrogen and oxygen atoms in total. The molecule has 17 heteroatoms. The fraction of sp³-hybridized carbons (Fsp3) is 0.700. The molecule has 0 spiro atoms. The second kappa shape index (κ2) is 13.6. The molecule has 0 unspecified atom stereocenters. The van der Waals surface area contributed by atoms with Gasteiger partial charge in [-0.15, -0.1) is 0 Å². The summed E-state index contributed by atoms with van der Waals surface area (Å²) in [6, 6.07) is 0. The highest BCUT2D eigenvalue weighted by molar-refractivity contribution is 8.13. The van der Waals surface area contributed by atoms with Crippen molar-refractivity contribution in [2.45, 2.75) is 89.9 Å². The molecule has 37 heavy (non-hydrogen) atoms. The fourth-order valence-electron chi connectivity index (χ4n) is 2.98. The van der Waals surface area contributed by atoms with Crippen LogP contribution in [0.2, 0.25) is 0 Å². The lowest BCUT2D eigenvalue weighted by atomic mass is 10.3. The average Bonchev–Trinajstić information content (AvgIpc) is 3.38. The summed E-state index contributed by atoms with van der Waals surface area (Å²) in [5.41, 5.74) is -12.4. The van der Waals surface area contributed by atoms with E-state index in [4.69, 9.17) is 0 Å². The van der Waals surface area contributed by atoms with Crippen LogP contribution in [0.3, 0.4) is 0 Å². The van der Waals surface area contributed by atoms with Crippen molar-refractivity contribution >= 4 is 20.0 Å². The van der Waals surface area contributed by atoms with Crippen molar-refractivity contribution in [3.05, 3.63) is 28.9 Å². The molecule has 0 aromatic carbocycles. The molecule has 214 valence electrons. The van der Waals surface area contributed by atoms with Gasteiger partial charge in [0.15, 0.2) is 20.0 Å². The number of halogens is 6. The van der Waals surface area contributed by atoms with Crippen molar-refractivity contribution in [3.63, 3.8) is 0 Å². The number of hydrogen-bond acceptors (Lipinski definition) is 5. The first-order valence-electron chi connectivity index (χ1n) is 11.5. The first-order chi connectivity index (χ1) is 17.0. The second-order valence-corrected chi connectivity index (χ2v) is 11.4. The molecular formula is C20H31F6N5O4S2. The van der Waals surface area contributed by atoms with Crippen molar-refractivity contribution in [2.75, 3.05) is 0 Å². The van der Waals surface area contributed by atoms with E-state index >= 15 is 0 Å². The van der Waals surface area contributed by atoms with Gasteiger partial charge in [-0.1, -0.05) is 40.0 Å². The largest absolute Gasteiger partial charge is 0.480 e. The van der Waals surface area contributed by atoms with Gasteiger partial charge >= 0.3 is 16.8 Å². The van der Waals surface area contributed by atoms with Gasteiger partial charge in [0, 0.05) is 18.9 Å². The minimum Gasteiger partial charge on any atom is -0.421 e. The number of aromatic nitrogens is 4. The molecule has 2 aromatic rings. The molecule has 0 fully saturated rings. The Hall–Kier alpha value is -2.14. The van der Waals surface area contributed by atoms with Crippen LogP contribution in [0.15, 0.2) is 24.8 Å².